The molecule has 0 unspecified atom stereocenters. The van der Waals surface area contributed by atoms with Gasteiger partial charge >= 0.3 is 6.03 Å². The molecule has 1 heterocycles. The smallest absolute Gasteiger partial charge is 0.320 e. The molecule has 2 amide bonds. The maximum Gasteiger partial charge on any atom is 0.320 e. The minimum absolute atomic E-state index is 0.0908. The van der Waals surface area contributed by atoms with Crippen molar-refractivity contribution >= 4 is 11.8 Å². The zero-order valence-electron chi connectivity index (χ0n) is 16.4. The number of hydrogen-bond acceptors (Lipinski definition) is 3. The number of aromatic nitrogens is 2. The lowest BCUT2D eigenvalue weighted by Gasteiger charge is -2.25. The zero-order valence-corrected chi connectivity index (χ0v) is 16.4. The van der Waals surface area contributed by atoms with Crippen LogP contribution in [0.4, 0.5) is 10.6 Å². The Morgan fingerprint density at radius 3 is 2.21 bits per heavy atom. The van der Waals surface area contributed by atoms with Gasteiger partial charge < -0.3 is 10.4 Å². The summed E-state index contributed by atoms with van der Waals surface area (Å²) >= 11 is 0. The van der Waals surface area contributed by atoms with Gasteiger partial charge in [-0.15, -0.1) is 0 Å². The standard InChI is InChI=1S/C18H34N4O2/c1-16(2,3)13-11-14(22(21-13)17(4,5)6)20-15(24)19-12-18(7,8)9-10-23/h11,23H,9-10,12H2,1-8H3,(H2,19,20,24). The van der Waals surface area contributed by atoms with Crippen molar-refractivity contribution in [3.05, 3.63) is 11.8 Å². The Kier molecular flexibility index (Phi) is 6.09. The molecule has 0 aliphatic rings. The minimum atomic E-state index is -0.258. The summed E-state index contributed by atoms with van der Waals surface area (Å²) in [4.78, 5) is 12.3. The van der Waals surface area contributed by atoms with E-state index in [2.05, 4.69) is 57.3 Å². The van der Waals surface area contributed by atoms with E-state index in [0.717, 1.165) is 5.69 Å². The summed E-state index contributed by atoms with van der Waals surface area (Å²) in [7, 11) is 0. The molecule has 24 heavy (non-hydrogen) atoms. The topological polar surface area (TPSA) is 79.2 Å². The van der Waals surface area contributed by atoms with Crippen molar-refractivity contribution in [1.29, 1.82) is 0 Å². The van der Waals surface area contributed by atoms with Crippen LogP contribution in [0.25, 0.3) is 0 Å². The van der Waals surface area contributed by atoms with E-state index in [1.54, 1.807) is 0 Å². The molecule has 138 valence electrons. The predicted octanol–water partition coefficient (Wildman–Crippen LogP) is 3.47. The maximum atomic E-state index is 12.3. The van der Waals surface area contributed by atoms with Gasteiger partial charge in [0.2, 0.25) is 0 Å². The van der Waals surface area contributed by atoms with Crippen LogP contribution in [-0.2, 0) is 11.0 Å². The normalized spacial score (nSPS) is 13.0. The molecule has 0 atom stereocenters. The summed E-state index contributed by atoms with van der Waals surface area (Å²) in [5, 5.41) is 19.5. The summed E-state index contributed by atoms with van der Waals surface area (Å²) < 4.78 is 1.85. The van der Waals surface area contributed by atoms with Crippen LogP contribution in [0, 0.1) is 5.41 Å². The van der Waals surface area contributed by atoms with Crippen molar-refractivity contribution in [1.82, 2.24) is 15.1 Å². The molecule has 1 aromatic rings. The van der Waals surface area contributed by atoms with Crippen molar-refractivity contribution in [3.63, 3.8) is 0 Å². The summed E-state index contributed by atoms with van der Waals surface area (Å²) in [5.41, 5.74) is 0.468. The maximum absolute atomic E-state index is 12.3. The highest BCUT2D eigenvalue weighted by Crippen LogP contribution is 2.28. The van der Waals surface area contributed by atoms with Gasteiger partial charge in [0.05, 0.1) is 11.2 Å². The van der Waals surface area contributed by atoms with Crippen molar-refractivity contribution < 1.29 is 9.90 Å². The molecule has 1 aromatic heterocycles. The van der Waals surface area contributed by atoms with Crippen LogP contribution in [0.5, 0.6) is 0 Å². The Morgan fingerprint density at radius 1 is 1.17 bits per heavy atom. The average molecular weight is 338 g/mol. The number of anilines is 1. The van der Waals surface area contributed by atoms with Crippen LogP contribution in [0.2, 0.25) is 0 Å². The third-order valence-electron chi connectivity index (χ3n) is 3.87. The number of carbonyl (C=O) groups is 1. The highest BCUT2D eigenvalue weighted by Gasteiger charge is 2.26. The van der Waals surface area contributed by atoms with Gasteiger partial charge in [0.25, 0.3) is 0 Å². The molecule has 0 aliphatic carbocycles. The van der Waals surface area contributed by atoms with Crippen LogP contribution >= 0.6 is 0 Å². The van der Waals surface area contributed by atoms with Crippen molar-refractivity contribution in [2.75, 3.05) is 18.5 Å². The fraction of sp³-hybridized carbons (Fsp3) is 0.778. The second-order valence-corrected chi connectivity index (χ2v) is 9.19. The van der Waals surface area contributed by atoms with Crippen molar-refractivity contribution in [2.24, 2.45) is 5.41 Å². The molecule has 0 spiro atoms. The van der Waals surface area contributed by atoms with Crippen molar-refractivity contribution in [3.8, 4) is 0 Å². The van der Waals surface area contributed by atoms with Gasteiger partial charge in [-0.25, -0.2) is 9.48 Å². The monoisotopic (exact) mass is 338 g/mol. The molecule has 0 fully saturated rings. The molecule has 0 radical (unpaired) electrons. The molecular weight excluding hydrogens is 304 g/mol. The number of carbonyl (C=O) groups excluding carboxylic acids is 1. The molecule has 0 saturated carbocycles. The fourth-order valence-corrected chi connectivity index (χ4v) is 2.22. The molecule has 6 heteroatoms. The van der Waals surface area contributed by atoms with Gasteiger partial charge in [-0.3, -0.25) is 5.32 Å². The van der Waals surface area contributed by atoms with Gasteiger partial charge in [-0.05, 0) is 32.6 Å². The Hall–Kier alpha value is -1.56. The van der Waals surface area contributed by atoms with Crippen LogP contribution in [0.3, 0.4) is 0 Å². The summed E-state index contributed by atoms with van der Waals surface area (Å²) in [6, 6.07) is 1.68. The van der Waals surface area contributed by atoms with Gasteiger partial charge in [0, 0.05) is 24.6 Å². The highest BCUT2D eigenvalue weighted by atomic mass is 16.3. The average Bonchev–Trinajstić information content (AvgIpc) is 2.80. The second kappa shape index (κ2) is 7.13. The first-order valence-corrected chi connectivity index (χ1v) is 8.53. The van der Waals surface area contributed by atoms with Crippen LogP contribution in [-0.4, -0.2) is 34.1 Å². The van der Waals surface area contributed by atoms with E-state index in [1.807, 2.05) is 24.6 Å². The number of aliphatic hydroxyl groups excluding tert-OH is 1. The number of aliphatic hydroxyl groups is 1. The lowest BCUT2D eigenvalue weighted by molar-refractivity contribution is 0.204. The molecule has 3 N–H and O–H groups in total. The third kappa shape index (κ3) is 5.82. The summed E-state index contributed by atoms with van der Waals surface area (Å²) in [6.07, 6.45) is 0.640. The van der Waals surface area contributed by atoms with E-state index in [4.69, 9.17) is 5.11 Å². The molecule has 0 aromatic carbocycles. The Morgan fingerprint density at radius 2 is 1.75 bits per heavy atom. The van der Waals surface area contributed by atoms with E-state index < -0.39 is 0 Å². The van der Waals surface area contributed by atoms with Gasteiger partial charge in [0.15, 0.2) is 0 Å². The van der Waals surface area contributed by atoms with E-state index in [1.165, 1.54) is 0 Å². The third-order valence-corrected chi connectivity index (χ3v) is 3.87. The molecule has 0 bridgehead atoms. The second-order valence-electron chi connectivity index (χ2n) is 9.19. The largest absolute Gasteiger partial charge is 0.396 e. The van der Waals surface area contributed by atoms with Crippen LogP contribution < -0.4 is 10.6 Å². The van der Waals surface area contributed by atoms with E-state index in [9.17, 15) is 4.79 Å². The SMILES string of the molecule is CC(C)(CCO)CNC(=O)Nc1cc(C(C)(C)C)nn1C(C)(C)C. The lowest BCUT2D eigenvalue weighted by Crippen LogP contribution is -2.38. The zero-order chi connectivity index (χ0) is 18.8. The number of nitrogens with one attached hydrogen (secondary N) is 2. The number of amides is 2. The Labute approximate surface area is 146 Å². The Bertz CT molecular complexity index is 563. The van der Waals surface area contributed by atoms with E-state index in [-0.39, 0.29) is 29.0 Å². The molecular formula is C18H34N4O2. The molecule has 1 rings (SSSR count). The van der Waals surface area contributed by atoms with Gasteiger partial charge in [-0.1, -0.05) is 34.6 Å². The fourth-order valence-electron chi connectivity index (χ4n) is 2.22. The van der Waals surface area contributed by atoms with Gasteiger partial charge in [-0.2, -0.15) is 5.10 Å². The lowest BCUT2D eigenvalue weighted by atomic mass is 9.90. The quantitative estimate of drug-likeness (QED) is 0.769. The van der Waals surface area contributed by atoms with Crippen LogP contribution in [0.1, 0.15) is 67.5 Å². The highest BCUT2D eigenvalue weighted by molar-refractivity contribution is 5.88. The number of hydrogen-bond donors (Lipinski definition) is 3. The number of nitrogens with zero attached hydrogens (tertiary/aromatic N) is 2. The summed E-state index contributed by atoms with van der Waals surface area (Å²) in [6.45, 7) is 17.1. The summed E-state index contributed by atoms with van der Waals surface area (Å²) in [5.74, 6) is 0.685. The van der Waals surface area contributed by atoms with E-state index >= 15 is 0 Å². The number of rotatable bonds is 5. The predicted molar refractivity (Wildman–Crippen MR) is 98.4 cm³/mol. The Balaban J connectivity index is 2.90. The molecule has 0 saturated heterocycles. The van der Waals surface area contributed by atoms with Gasteiger partial charge in [0.1, 0.15) is 5.82 Å². The number of urea groups is 1. The van der Waals surface area contributed by atoms with Crippen molar-refractivity contribution in [2.45, 2.75) is 72.8 Å². The first kappa shape index (κ1) is 20.5. The molecule has 0 aliphatic heterocycles. The molecule has 6 nitrogen and oxygen atoms in total. The van der Waals surface area contributed by atoms with E-state index in [0.29, 0.717) is 18.8 Å². The van der Waals surface area contributed by atoms with Crippen LogP contribution in [0.15, 0.2) is 6.07 Å². The minimum Gasteiger partial charge on any atom is -0.396 e. The first-order valence-electron chi connectivity index (χ1n) is 8.53. The first-order chi connectivity index (χ1) is 10.8.